The number of ether oxygens (including phenoxy) is 1. The van der Waals surface area contributed by atoms with Gasteiger partial charge in [-0.25, -0.2) is 9.78 Å². The molecule has 112 valence electrons. The lowest BCUT2D eigenvalue weighted by atomic mass is 10.2. The van der Waals surface area contributed by atoms with Crippen molar-refractivity contribution in [1.29, 1.82) is 0 Å². The quantitative estimate of drug-likeness (QED) is 0.856. The lowest BCUT2D eigenvalue weighted by Crippen LogP contribution is -2.27. The van der Waals surface area contributed by atoms with Crippen LogP contribution in [0.3, 0.4) is 0 Å². The molecule has 0 bridgehead atoms. The van der Waals surface area contributed by atoms with Gasteiger partial charge in [0.2, 0.25) is 0 Å². The number of rotatable bonds is 4. The number of carboxylic acid groups (broad SMARTS) is 1. The lowest BCUT2D eigenvalue weighted by Gasteiger charge is -2.07. The maximum atomic E-state index is 12.4. The molecule has 0 aliphatic carbocycles. The van der Waals surface area contributed by atoms with Gasteiger partial charge >= 0.3 is 11.9 Å². The van der Waals surface area contributed by atoms with E-state index in [0.717, 1.165) is 15.9 Å². The van der Waals surface area contributed by atoms with Crippen molar-refractivity contribution >= 4 is 34.2 Å². The number of hydrogen-bond acceptors (Lipinski definition) is 6. The number of aliphatic carboxylic acids is 1. The zero-order valence-electron chi connectivity index (χ0n) is 11.8. The van der Waals surface area contributed by atoms with Crippen LogP contribution in [0.15, 0.2) is 4.79 Å². The molecule has 2 aromatic rings. The van der Waals surface area contributed by atoms with Gasteiger partial charge in [0, 0.05) is 4.88 Å². The number of hydrogen-bond donors (Lipinski definition) is 1. The van der Waals surface area contributed by atoms with Crippen molar-refractivity contribution in [3.8, 4) is 0 Å². The van der Waals surface area contributed by atoms with Crippen LogP contribution in [0.1, 0.15) is 27.3 Å². The maximum Gasteiger partial charge on any atom is 0.350 e. The molecule has 0 fully saturated rings. The largest absolute Gasteiger partial charge is 0.480 e. The first-order valence-corrected chi connectivity index (χ1v) is 7.07. The van der Waals surface area contributed by atoms with Crippen LogP contribution >= 0.6 is 11.3 Å². The molecule has 0 aliphatic rings. The van der Waals surface area contributed by atoms with Crippen LogP contribution in [0.5, 0.6) is 0 Å². The topological polar surface area (TPSA) is 98.5 Å². The summed E-state index contributed by atoms with van der Waals surface area (Å²) in [5.74, 6) is -1.40. The third kappa shape index (κ3) is 2.66. The summed E-state index contributed by atoms with van der Waals surface area (Å²) in [5, 5.41) is 9.13. The van der Waals surface area contributed by atoms with Crippen LogP contribution in [0.25, 0.3) is 10.9 Å². The van der Waals surface area contributed by atoms with Crippen LogP contribution in [0.2, 0.25) is 0 Å². The SMILES string of the molecule is CCOC(=O)c1sc(C)c2c(=O)n(CC(=O)O)c(C)nc12. The van der Waals surface area contributed by atoms with E-state index in [2.05, 4.69) is 4.98 Å². The predicted octanol–water partition coefficient (Wildman–Crippen LogP) is 1.34. The second-order valence-corrected chi connectivity index (χ2v) is 5.60. The Morgan fingerprint density at radius 3 is 2.62 bits per heavy atom. The smallest absolute Gasteiger partial charge is 0.350 e. The maximum absolute atomic E-state index is 12.4. The van der Waals surface area contributed by atoms with Gasteiger partial charge in [0.05, 0.1) is 12.0 Å². The summed E-state index contributed by atoms with van der Waals surface area (Å²) < 4.78 is 6.04. The van der Waals surface area contributed by atoms with Crippen molar-refractivity contribution in [3.63, 3.8) is 0 Å². The molecule has 0 aliphatic heterocycles. The number of carbonyl (C=O) groups excluding carboxylic acids is 1. The number of fused-ring (bicyclic) bond motifs is 1. The second-order valence-electron chi connectivity index (χ2n) is 4.38. The van der Waals surface area contributed by atoms with Gasteiger partial charge in [0.1, 0.15) is 22.8 Å². The molecule has 0 saturated carbocycles. The molecule has 0 atom stereocenters. The Balaban J connectivity index is 2.73. The van der Waals surface area contributed by atoms with Gasteiger partial charge in [-0.3, -0.25) is 14.2 Å². The van der Waals surface area contributed by atoms with Crippen molar-refractivity contribution in [3.05, 3.63) is 25.9 Å². The van der Waals surface area contributed by atoms with E-state index in [0.29, 0.717) is 4.88 Å². The number of esters is 1. The van der Waals surface area contributed by atoms with E-state index >= 15 is 0 Å². The molecule has 0 aromatic carbocycles. The predicted molar refractivity (Wildman–Crippen MR) is 76.9 cm³/mol. The van der Waals surface area contributed by atoms with E-state index in [1.54, 1.807) is 13.8 Å². The molecule has 0 amide bonds. The van der Waals surface area contributed by atoms with Crippen LogP contribution in [-0.2, 0) is 16.1 Å². The molecule has 8 heteroatoms. The van der Waals surface area contributed by atoms with Gasteiger partial charge in [-0.2, -0.15) is 0 Å². The van der Waals surface area contributed by atoms with E-state index in [1.807, 2.05) is 0 Å². The molecule has 0 radical (unpaired) electrons. The van der Waals surface area contributed by atoms with E-state index in [-0.39, 0.29) is 28.2 Å². The molecule has 1 N–H and O–H groups in total. The Morgan fingerprint density at radius 1 is 1.38 bits per heavy atom. The molecule has 2 aromatic heterocycles. The Hall–Kier alpha value is -2.22. The molecule has 0 saturated heterocycles. The Bertz CT molecular complexity index is 790. The van der Waals surface area contributed by atoms with Crippen molar-refractivity contribution in [2.24, 2.45) is 0 Å². The van der Waals surface area contributed by atoms with E-state index in [4.69, 9.17) is 9.84 Å². The Labute approximate surface area is 123 Å². The molecule has 0 spiro atoms. The lowest BCUT2D eigenvalue weighted by molar-refractivity contribution is -0.137. The number of aromatic nitrogens is 2. The van der Waals surface area contributed by atoms with Crippen LogP contribution in [0, 0.1) is 13.8 Å². The molecular weight excluding hydrogens is 296 g/mol. The van der Waals surface area contributed by atoms with Crippen molar-refractivity contribution in [2.75, 3.05) is 6.61 Å². The van der Waals surface area contributed by atoms with Crippen LogP contribution < -0.4 is 5.56 Å². The summed E-state index contributed by atoms with van der Waals surface area (Å²) in [6, 6.07) is 0. The normalized spacial score (nSPS) is 10.8. The minimum absolute atomic E-state index is 0.229. The number of thiophene rings is 1. The summed E-state index contributed by atoms with van der Waals surface area (Å²) in [7, 11) is 0. The first-order valence-electron chi connectivity index (χ1n) is 6.26. The summed E-state index contributed by atoms with van der Waals surface area (Å²) in [6.07, 6.45) is 0. The molecular formula is C13H14N2O5S. The standard InChI is InChI=1S/C13H14N2O5S/c1-4-20-13(19)11-10-9(6(2)21-11)12(18)15(5-8(16)17)7(3)14-10/h4-5H2,1-3H3,(H,16,17). The number of carbonyl (C=O) groups is 2. The highest BCUT2D eigenvalue weighted by atomic mass is 32.1. The van der Waals surface area contributed by atoms with E-state index in [9.17, 15) is 14.4 Å². The fourth-order valence-corrected chi connectivity index (χ4v) is 3.03. The zero-order valence-corrected chi connectivity index (χ0v) is 12.6. The average Bonchev–Trinajstić information content (AvgIpc) is 2.71. The second kappa shape index (κ2) is 5.65. The van der Waals surface area contributed by atoms with Gasteiger partial charge in [0.15, 0.2) is 0 Å². The average molecular weight is 310 g/mol. The fraction of sp³-hybridized carbons (Fsp3) is 0.385. The van der Waals surface area contributed by atoms with Gasteiger partial charge < -0.3 is 9.84 Å². The number of aryl methyl sites for hydroxylation is 2. The first kappa shape index (κ1) is 15.2. The fourth-order valence-electron chi connectivity index (χ4n) is 2.05. The summed E-state index contributed by atoms with van der Waals surface area (Å²) in [4.78, 5) is 40.3. The highest BCUT2D eigenvalue weighted by Crippen LogP contribution is 2.28. The summed E-state index contributed by atoms with van der Waals surface area (Å²) in [5.41, 5.74) is -0.177. The number of nitrogens with zero attached hydrogens (tertiary/aromatic N) is 2. The van der Waals surface area contributed by atoms with Crippen LogP contribution in [-0.4, -0.2) is 33.2 Å². The highest BCUT2D eigenvalue weighted by Gasteiger charge is 2.22. The van der Waals surface area contributed by atoms with Crippen molar-refractivity contribution < 1.29 is 19.4 Å². The zero-order chi connectivity index (χ0) is 15.7. The molecule has 0 unspecified atom stereocenters. The summed E-state index contributed by atoms with van der Waals surface area (Å²) in [6.45, 7) is 4.69. The van der Waals surface area contributed by atoms with E-state index < -0.39 is 24.0 Å². The molecule has 7 nitrogen and oxygen atoms in total. The third-order valence-corrected chi connectivity index (χ3v) is 4.01. The third-order valence-electron chi connectivity index (χ3n) is 2.94. The Morgan fingerprint density at radius 2 is 2.05 bits per heavy atom. The van der Waals surface area contributed by atoms with Gasteiger partial charge in [-0.15, -0.1) is 11.3 Å². The van der Waals surface area contributed by atoms with Crippen molar-refractivity contribution in [2.45, 2.75) is 27.3 Å². The monoisotopic (exact) mass is 310 g/mol. The van der Waals surface area contributed by atoms with E-state index in [1.165, 1.54) is 6.92 Å². The van der Waals surface area contributed by atoms with Crippen molar-refractivity contribution in [1.82, 2.24) is 9.55 Å². The van der Waals surface area contributed by atoms with Crippen LogP contribution in [0.4, 0.5) is 0 Å². The first-order chi connectivity index (χ1) is 9.86. The summed E-state index contributed by atoms with van der Waals surface area (Å²) >= 11 is 1.13. The highest BCUT2D eigenvalue weighted by molar-refractivity contribution is 7.15. The number of carboxylic acids is 1. The van der Waals surface area contributed by atoms with Gasteiger partial charge in [-0.05, 0) is 20.8 Å². The molecule has 2 heterocycles. The van der Waals surface area contributed by atoms with Gasteiger partial charge in [0.25, 0.3) is 5.56 Å². The minimum atomic E-state index is -1.13. The molecule has 21 heavy (non-hydrogen) atoms. The minimum Gasteiger partial charge on any atom is -0.480 e. The van der Waals surface area contributed by atoms with Gasteiger partial charge in [-0.1, -0.05) is 0 Å². The Kier molecular flexibility index (Phi) is 4.08. The molecule has 2 rings (SSSR count).